The number of nitrogens with one attached hydrogen (secondary N) is 1. The summed E-state index contributed by atoms with van der Waals surface area (Å²) in [6.07, 6.45) is 2.23. The maximum absolute atomic E-state index is 12.3. The summed E-state index contributed by atoms with van der Waals surface area (Å²) < 4.78 is 0. The topological polar surface area (TPSA) is 92.5 Å². The van der Waals surface area contributed by atoms with E-state index < -0.39 is 10.8 Å². The molecule has 0 unspecified atom stereocenters. The number of nitrogens with zero attached hydrogens (tertiary/aromatic N) is 1. The zero-order chi connectivity index (χ0) is 16.8. The van der Waals surface area contributed by atoms with E-state index in [-0.39, 0.29) is 23.3 Å². The van der Waals surface area contributed by atoms with Gasteiger partial charge in [0.05, 0.1) is 4.92 Å². The highest BCUT2D eigenvalue weighted by atomic mass is 16.6. The summed E-state index contributed by atoms with van der Waals surface area (Å²) in [4.78, 5) is 22.8. The van der Waals surface area contributed by atoms with Crippen LogP contribution in [-0.4, -0.2) is 29.1 Å². The van der Waals surface area contributed by atoms with Crippen LogP contribution in [-0.2, 0) is 0 Å². The second-order valence-corrected chi connectivity index (χ2v) is 5.64. The predicted molar refractivity (Wildman–Crippen MR) is 84.9 cm³/mol. The largest absolute Gasteiger partial charge is 0.396 e. The zero-order valence-corrected chi connectivity index (χ0v) is 13.4. The van der Waals surface area contributed by atoms with Crippen molar-refractivity contribution in [2.45, 2.75) is 40.0 Å². The van der Waals surface area contributed by atoms with E-state index in [1.165, 1.54) is 12.1 Å². The summed E-state index contributed by atoms with van der Waals surface area (Å²) in [6.45, 7) is 6.27. The molecule has 1 amide bonds. The summed E-state index contributed by atoms with van der Waals surface area (Å²) in [7, 11) is 0. The minimum absolute atomic E-state index is 0.0577. The third kappa shape index (κ3) is 4.27. The van der Waals surface area contributed by atoms with Crippen LogP contribution in [0.2, 0.25) is 0 Å². The van der Waals surface area contributed by atoms with E-state index in [0.29, 0.717) is 13.0 Å². The van der Waals surface area contributed by atoms with Crippen molar-refractivity contribution >= 4 is 11.6 Å². The number of carbonyl (C=O) groups excluding carboxylic acids is 1. The van der Waals surface area contributed by atoms with Crippen LogP contribution in [0.1, 0.15) is 49.0 Å². The summed E-state index contributed by atoms with van der Waals surface area (Å²) in [6, 6.07) is 4.49. The minimum atomic E-state index is -0.547. The molecule has 0 fully saturated rings. The van der Waals surface area contributed by atoms with Gasteiger partial charge in [0.1, 0.15) is 5.56 Å². The van der Waals surface area contributed by atoms with Gasteiger partial charge in [-0.25, -0.2) is 0 Å². The number of aliphatic hydroxyl groups is 1. The van der Waals surface area contributed by atoms with Gasteiger partial charge in [0.15, 0.2) is 0 Å². The van der Waals surface area contributed by atoms with E-state index in [0.717, 1.165) is 18.4 Å². The first-order valence-corrected chi connectivity index (χ1v) is 7.53. The van der Waals surface area contributed by atoms with Crippen molar-refractivity contribution in [2.75, 3.05) is 13.2 Å². The molecule has 0 spiro atoms. The maximum Gasteiger partial charge on any atom is 0.282 e. The molecular weight excluding hydrogens is 284 g/mol. The molecule has 0 aliphatic carbocycles. The molecule has 0 aromatic heterocycles. The summed E-state index contributed by atoms with van der Waals surface area (Å²) in [5, 5.41) is 23.0. The van der Waals surface area contributed by atoms with Crippen LogP contribution in [0.3, 0.4) is 0 Å². The SMILES string of the molecule is CCC(CC)(CCO)CNC(=O)c1cc(C)ccc1[N+](=O)[O-]. The molecule has 0 saturated heterocycles. The van der Waals surface area contributed by atoms with E-state index in [1.807, 2.05) is 13.8 Å². The molecular formula is C16H24N2O4. The fraction of sp³-hybridized carbons (Fsp3) is 0.562. The first-order valence-electron chi connectivity index (χ1n) is 7.53. The number of aliphatic hydroxyl groups excluding tert-OH is 1. The molecule has 0 aliphatic heterocycles. The van der Waals surface area contributed by atoms with Crippen LogP contribution < -0.4 is 5.32 Å². The number of nitro benzene ring substituents is 1. The molecule has 1 aromatic rings. The number of aryl methyl sites for hydroxylation is 1. The third-order valence-corrected chi connectivity index (χ3v) is 4.36. The van der Waals surface area contributed by atoms with Crippen molar-refractivity contribution in [3.63, 3.8) is 0 Å². The van der Waals surface area contributed by atoms with Gasteiger partial charge >= 0.3 is 0 Å². The van der Waals surface area contributed by atoms with E-state index in [4.69, 9.17) is 0 Å². The summed E-state index contributed by atoms with van der Waals surface area (Å²) in [5.74, 6) is -0.445. The van der Waals surface area contributed by atoms with Crippen molar-refractivity contribution in [3.8, 4) is 0 Å². The van der Waals surface area contributed by atoms with Gasteiger partial charge in [-0.3, -0.25) is 14.9 Å². The highest BCUT2D eigenvalue weighted by Crippen LogP contribution is 2.29. The second kappa shape index (κ2) is 7.89. The Hall–Kier alpha value is -1.95. The highest BCUT2D eigenvalue weighted by Gasteiger charge is 2.28. The van der Waals surface area contributed by atoms with E-state index in [2.05, 4.69) is 5.32 Å². The maximum atomic E-state index is 12.3. The van der Waals surface area contributed by atoms with E-state index in [9.17, 15) is 20.0 Å². The lowest BCUT2D eigenvalue weighted by atomic mass is 9.79. The average Bonchev–Trinajstić information content (AvgIpc) is 2.50. The van der Waals surface area contributed by atoms with Crippen LogP contribution in [0, 0.1) is 22.5 Å². The lowest BCUT2D eigenvalue weighted by Crippen LogP contribution is -2.37. The molecule has 22 heavy (non-hydrogen) atoms. The van der Waals surface area contributed by atoms with Crippen LogP contribution in [0.15, 0.2) is 18.2 Å². The Kier molecular flexibility index (Phi) is 6.49. The zero-order valence-electron chi connectivity index (χ0n) is 13.4. The molecule has 0 heterocycles. The Bertz CT molecular complexity index is 539. The van der Waals surface area contributed by atoms with Gasteiger partial charge in [-0.1, -0.05) is 19.9 Å². The Labute approximate surface area is 130 Å². The Balaban J connectivity index is 2.94. The molecule has 6 nitrogen and oxygen atoms in total. The molecule has 0 bridgehead atoms. The second-order valence-electron chi connectivity index (χ2n) is 5.64. The number of carbonyl (C=O) groups is 1. The van der Waals surface area contributed by atoms with Gasteiger partial charge in [-0.2, -0.15) is 0 Å². The first-order chi connectivity index (χ1) is 10.4. The lowest BCUT2D eigenvalue weighted by Gasteiger charge is -2.31. The van der Waals surface area contributed by atoms with Gasteiger partial charge in [0.25, 0.3) is 11.6 Å². The lowest BCUT2D eigenvalue weighted by molar-refractivity contribution is -0.385. The normalized spacial score (nSPS) is 11.3. The fourth-order valence-corrected chi connectivity index (χ4v) is 2.53. The molecule has 0 saturated carbocycles. The van der Waals surface area contributed by atoms with Crippen LogP contribution in [0.4, 0.5) is 5.69 Å². The monoisotopic (exact) mass is 308 g/mol. The van der Waals surface area contributed by atoms with E-state index in [1.54, 1.807) is 13.0 Å². The van der Waals surface area contributed by atoms with Crippen molar-refractivity contribution in [1.29, 1.82) is 0 Å². The van der Waals surface area contributed by atoms with Gasteiger partial charge < -0.3 is 10.4 Å². The predicted octanol–water partition coefficient (Wildman–Crippen LogP) is 2.82. The molecule has 6 heteroatoms. The number of amides is 1. The standard InChI is InChI=1S/C16H24N2O4/c1-4-16(5-2,8-9-19)11-17-15(20)13-10-12(3)6-7-14(13)18(21)22/h6-7,10,19H,4-5,8-9,11H2,1-3H3,(H,17,20). The highest BCUT2D eigenvalue weighted by molar-refractivity contribution is 5.98. The smallest absolute Gasteiger partial charge is 0.282 e. The average molecular weight is 308 g/mol. The third-order valence-electron chi connectivity index (χ3n) is 4.36. The quantitative estimate of drug-likeness (QED) is 0.570. The van der Waals surface area contributed by atoms with Gasteiger partial charge in [0.2, 0.25) is 0 Å². The first kappa shape index (κ1) is 18.1. The molecule has 1 rings (SSSR count). The van der Waals surface area contributed by atoms with Crippen LogP contribution >= 0.6 is 0 Å². The Morgan fingerprint density at radius 1 is 1.36 bits per heavy atom. The Morgan fingerprint density at radius 3 is 2.50 bits per heavy atom. The van der Waals surface area contributed by atoms with Gasteiger partial charge in [-0.15, -0.1) is 0 Å². The van der Waals surface area contributed by atoms with Crippen molar-refractivity contribution in [2.24, 2.45) is 5.41 Å². The van der Waals surface area contributed by atoms with Crippen molar-refractivity contribution in [1.82, 2.24) is 5.32 Å². The molecule has 0 radical (unpaired) electrons. The minimum Gasteiger partial charge on any atom is -0.396 e. The summed E-state index contributed by atoms with van der Waals surface area (Å²) in [5.41, 5.74) is 0.505. The Morgan fingerprint density at radius 2 is 2.00 bits per heavy atom. The van der Waals surface area contributed by atoms with E-state index >= 15 is 0 Å². The van der Waals surface area contributed by atoms with Crippen molar-refractivity contribution in [3.05, 3.63) is 39.4 Å². The molecule has 2 N–H and O–H groups in total. The van der Waals surface area contributed by atoms with Gasteiger partial charge in [0, 0.05) is 19.2 Å². The number of rotatable bonds is 8. The molecule has 122 valence electrons. The number of hydrogen-bond donors (Lipinski definition) is 2. The number of benzene rings is 1. The van der Waals surface area contributed by atoms with Gasteiger partial charge in [-0.05, 0) is 43.2 Å². The molecule has 1 aromatic carbocycles. The number of nitro groups is 1. The fourth-order valence-electron chi connectivity index (χ4n) is 2.53. The van der Waals surface area contributed by atoms with Crippen LogP contribution in [0.25, 0.3) is 0 Å². The van der Waals surface area contributed by atoms with Crippen LogP contribution in [0.5, 0.6) is 0 Å². The molecule has 0 aliphatic rings. The number of hydrogen-bond acceptors (Lipinski definition) is 4. The summed E-state index contributed by atoms with van der Waals surface area (Å²) >= 11 is 0. The molecule has 0 atom stereocenters. The van der Waals surface area contributed by atoms with Crippen molar-refractivity contribution < 1.29 is 14.8 Å².